The second-order valence-electron chi connectivity index (χ2n) is 5.76. The number of hydrogen-bond donors (Lipinski definition) is 2. The Balaban J connectivity index is 1.63. The molecule has 3 aromatic rings. The summed E-state index contributed by atoms with van der Waals surface area (Å²) in [7, 11) is 3.11. The number of halogens is 1. The fourth-order valence-electron chi connectivity index (χ4n) is 2.47. The number of anilines is 2. The van der Waals surface area contributed by atoms with Crippen LogP contribution in [-0.2, 0) is 6.54 Å². The van der Waals surface area contributed by atoms with Gasteiger partial charge in [0.2, 0.25) is 5.95 Å². The minimum absolute atomic E-state index is 0.0805. The van der Waals surface area contributed by atoms with E-state index >= 15 is 0 Å². The van der Waals surface area contributed by atoms with Gasteiger partial charge in [0.25, 0.3) is 5.91 Å². The van der Waals surface area contributed by atoms with Crippen LogP contribution in [0.5, 0.6) is 11.5 Å². The summed E-state index contributed by atoms with van der Waals surface area (Å²) >= 11 is 0. The van der Waals surface area contributed by atoms with Crippen LogP contribution < -0.4 is 20.1 Å². The fraction of sp³-hybridized carbons (Fsp3) is 0.150. The van der Waals surface area contributed by atoms with Crippen molar-refractivity contribution >= 4 is 17.5 Å². The minimum atomic E-state index is -0.388. The number of benzene rings is 2. The normalized spacial score (nSPS) is 10.2. The summed E-state index contributed by atoms with van der Waals surface area (Å²) in [6.07, 6.45) is 2.79. The number of rotatable bonds is 7. The highest BCUT2D eigenvalue weighted by Gasteiger charge is 2.10. The number of hydrogen-bond acceptors (Lipinski definition) is 6. The molecule has 0 unspecified atom stereocenters. The van der Waals surface area contributed by atoms with E-state index < -0.39 is 0 Å². The highest BCUT2D eigenvalue weighted by molar-refractivity contribution is 5.93. The van der Waals surface area contributed by atoms with E-state index in [1.807, 2.05) is 0 Å². The Morgan fingerprint density at radius 1 is 1.04 bits per heavy atom. The Kier molecular flexibility index (Phi) is 6.01. The summed E-state index contributed by atoms with van der Waals surface area (Å²) in [5.74, 6) is 0.736. The summed E-state index contributed by atoms with van der Waals surface area (Å²) in [5.41, 5.74) is 1.38. The van der Waals surface area contributed by atoms with Crippen molar-refractivity contribution in [2.45, 2.75) is 6.54 Å². The summed E-state index contributed by atoms with van der Waals surface area (Å²) in [6.45, 7) is 0.0805. The predicted molar refractivity (Wildman–Crippen MR) is 102 cm³/mol. The van der Waals surface area contributed by atoms with Gasteiger partial charge in [-0.3, -0.25) is 4.79 Å². The lowest BCUT2D eigenvalue weighted by Crippen LogP contribution is -2.23. The monoisotopic (exact) mass is 382 g/mol. The number of ether oxygens (including phenoxy) is 2. The molecule has 0 saturated heterocycles. The molecule has 144 valence electrons. The van der Waals surface area contributed by atoms with Crippen LogP contribution in [0.25, 0.3) is 0 Å². The Hall–Kier alpha value is -3.68. The van der Waals surface area contributed by atoms with E-state index in [1.165, 1.54) is 18.5 Å². The number of carbonyl (C=O) groups excluding carboxylic acids is 1. The lowest BCUT2D eigenvalue weighted by atomic mass is 10.2. The molecule has 0 aliphatic heterocycles. The molecule has 1 heterocycles. The molecule has 1 amide bonds. The maximum absolute atomic E-state index is 13.6. The third-order valence-electron chi connectivity index (χ3n) is 3.95. The zero-order valence-corrected chi connectivity index (χ0v) is 15.4. The summed E-state index contributed by atoms with van der Waals surface area (Å²) in [5, 5.41) is 5.67. The maximum atomic E-state index is 13.6. The lowest BCUT2D eigenvalue weighted by Gasteiger charge is -2.10. The van der Waals surface area contributed by atoms with Gasteiger partial charge in [0, 0.05) is 36.3 Å². The first-order valence-corrected chi connectivity index (χ1v) is 8.43. The molecule has 0 fully saturated rings. The van der Waals surface area contributed by atoms with Gasteiger partial charge in [0.05, 0.1) is 19.8 Å². The van der Waals surface area contributed by atoms with Crippen molar-refractivity contribution < 1.29 is 18.7 Å². The van der Waals surface area contributed by atoms with Crippen molar-refractivity contribution in [2.24, 2.45) is 0 Å². The Morgan fingerprint density at radius 3 is 2.43 bits per heavy atom. The van der Waals surface area contributed by atoms with E-state index in [0.29, 0.717) is 28.7 Å². The van der Waals surface area contributed by atoms with Gasteiger partial charge in [0.1, 0.15) is 5.82 Å². The average molecular weight is 382 g/mol. The lowest BCUT2D eigenvalue weighted by molar-refractivity contribution is 0.0950. The van der Waals surface area contributed by atoms with Crippen molar-refractivity contribution in [1.29, 1.82) is 0 Å². The molecule has 1 aromatic heterocycles. The number of nitrogens with zero attached hydrogens (tertiary/aromatic N) is 2. The largest absolute Gasteiger partial charge is 0.493 e. The van der Waals surface area contributed by atoms with Crippen molar-refractivity contribution in [1.82, 2.24) is 15.3 Å². The predicted octanol–water partition coefficient (Wildman–Crippen LogP) is 3.31. The third kappa shape index (κ3) is 4.53. The van der Waals surface area contributed by atoms with Gasteiger partial charge in [-0.15, -0.1) is 0 Å². The molecule has 3 rings (SSSR count). The highest BCUT2D eigenvalue weighted by Crippen LogP contribution is 2.30. The summed E-state index contributed by atoms with van der Waals surface area (Å²) in [6, 6.07) is 11.6. The van der Waals surface area contributed by atoms with Crippen LogP contribution in [0.1, 0.15) is 15.9 Å². The van der Waals surface area contributed by atoms with Gasteiger partial charge in [0.15, 0.2) is 11.5 Å². The van der Waals surface area contributed by atoms with Crippen molar-refractivity contribution in [3.8, 4) is 11.5 Å². The molecule has 0 saturated carbocycles. The molecule has 8 heteroatoms. The number of nitrogens with one attached hydrogen (secondary N) is 2. The first-order valence-electron chi connectivity index (χ1n) is 8.43. The average Bonchev–Trinajstić information content (AvgIpc) is 2.73. The van der Waals surface area contributed by atoms with E-state index in [0.717, 1.165) is 0 Å². The van der Waals surface area contributed by atoms with Crippen LogP contribution >= 0.6 is 0 Å². The first-order chi connectivity index (χ1) is 13.6. The molecule has 0 bridgehead atoms. The topological polar surface area (TPSA) is 85.4 Å². The fourth-order valence-corrected chi connectivity index (χ4v) is 2.47. The molecule has 0 aliphatic rings. The number of carbonyl (C=O) groups is 1. The quantitative estimate of drug-likeness (QED) is 0.652. The highest BCUT2D eigenvalue weighted by atomic mass is 19.1. The second-order valence-corrected chi connectivity index (χ2v) is 5.76. The van der Waals surface area contributed by atoms with Crippen LogP contribution in [0.2, 0.25) is 0 Å². The molecule has 0 atom stereocenters. The first kappa shape index (κ1) is 19.1. The molecule has 2 aromatic carbocycles. The third-order valence-corrected chi connectivity index (χ3v) is 3.95. The van der Waals surface area contributed by atoms with E-state index in [1.54, 1.807) is 50.6 Å². The zero-order valence-electron chi connectivity index (χ0n) is 15.4. The molecule has 0 aliphatic carbocycles. The Morgan fingerprint density at radius 2 is 1.75 bits per heavy atom. The van der Waals surface area contributed by atoms with Crippen molar-refractivity contribution in [3.63, 3.8) is 0 Å². The molecule has 7 nitrogen and oxygen atoms in total. The number of methoxy groups -OCH3 is 2. The van der Waals surface area contributed by atoms with Gasteiger partial charge >= 0.3 is 0 Å². The molecule has 0 spiro atoms. The van der Waals surface area contributed by atoms with Gasteiger partial charge in [-0.2, -0.15) is 0 Å². The molecule has 0 radical (unpaired) electrons. The van der Waals surface area contributed by atoms with Crippen LogP contribution in [-0.4, -0.2) is 30.1 Å². The van der Waals surface area contributed by atoms with Gasteiger partial charge in [-0.25, -0.2) is 14.4 Å². The van der Waals surface area contributed by atoms with E-state index in [9.17, 15) is 9.18 Å². The van der Waals surface area contributed by atoms with E-state index in [4.69, 9.17) is 9.47 Å². The summed E-state index contributed by atoms with van der Waals surface area (Å²) in [4.78, 5) is 20.5. The molecule has 28 heavy (non-hydrogen) atoms. The van der Waals surface area contributed by atoms with Crippen LogP contribution in [0.15, 0.2) is 54.9 Å². The maximum Gasteiger partial charge on any atom is 0.254 e. The Labute approximate surface area is 161 Å². The Bertz CT molecular complexity index is 964. The molecular weight excluding hydrogens is 363 g/mol. The smallest absolute Gasteiger partial charge is 0.254 e. The van der Waals surface area contributed by atoms with E-state index in [2.05, 4.69) is 20.6 Å². The number of amides is 1. The standard InChI is InChI=1S/C20H19FN4O3/c1-27-17-8-7-15(9-18(17)28-2)25-20-23-11-14(12-24-20)19(26)22-10-13-5-3-4-6-16(13)21/h3-9,11-12H,10H2,1-2H3,(H,22,26)(H,23,24,25). The van der Waals surface area contributed by atoms with Gasteiger partial charge < -0.3 is 20.1 Å². The SMILES string of the molecule is COc1ccc(Nc2ncc(C(=O)NCc3ccccc3F)cn2)cc1OC. The van der Waals surface area contributed by atoms with Crippen LogP contribution in [0.4, 0.5) is 16.0 Å². The molecular formula is C20H19FN4O3. The van der Waals surface area contributed by atoms with Crippen molar-refractivity contribution in [2.75, 3.05) is 19.5 Å². The summed E-state index contributed by atoms with van der Waals surface area (Å²) < 4.78 is 24.0. The molecule has 2 N–H and O–H groups in total. The van der Waals surface area contributed by atoms with Crippen molar-refractivity contribution in [3.05, 3.63) is 71.8 Å². The van der Waals surface area contributed by atoms with E-state index in [-0.39, 0.29) is 23.8 Å². The zero-order chi connectivity index (χ0) is 19.9. The number of aromatic nitrogens is 2. The second kappa shape index (κ2) is 8.81. The van der Waals surface area contributed by atoms with Gasteiger partial charge in [-0.05, 0) is 18.2 Å². The van der Waals surface area contributed by atoms with Crippen LogP contribution in [0.3, 0.4) is 0 Å². The van der Waals surface area contributed by atoms with Gasteiger partial charge in [-0.1, -0.05) is 18.2 Å². The van der Waals surface area contributed by atoms with Crippen LogP contribution in [0, 0.1) is 5.82 Å². The minimum Gasteiger partial charge on any atom is -0.493 e.